The summed E-state index contributed by atoms with van der Waals surface area (Å²) in [6.45, 7) is 0.219. The first-order valence-corrected chi connectivity index (χ1v) is 4.08. The molecule has 2 rings (SSSR count). The Morgan fingerprint density at radius 3 is 2.45 bits per heavy atom. The van der Waals surface area contributed by atoms with Crippen molar-refractivity contribution in [2.24, 2.45) is 0 Å². The summed E-state index contributed by atoms with van der Waals surface area (Å²) in [7, 11) is 0. The number of hydrogen-bond acceptors (Lipinski definition) is 2. The fraction of sp³-hybridized carbons (Fsp3) is 0.875. The molecule has 1 N–H and O–H groups in total. The molecule has 1 atom stereocenters. The van der Waals surface area contributed by atoms with E-state index in [1.807, 2.05) is 0 Å². The van der Waals surface area contributed by atoms with Crippen molar-refractivity contribution in [3.8, 4) is 0 Å². The minimum Gasteiger partial charge on any atom is -0.307 e. The minimum atomic E-state index is -1.57. The second-order valence-electron chi connectivity index (χ2n) is 3.82. The second-order valence-corrected chi connectivity index (χ2v) is 3.82. The van der Waals surface area contributed by atoms with E-state index in [0.29, 0.717) is 12.7 Å². The van der Waals surface area contributed by atoms with Crippen LogP contribution in [0.15, 0.2) is 0 Å². The van der Waals surface area contributed by atoms with Crippen LogP contribution in [-0.2, 0) is 4.79 Å². The van der Waals surface area contributed by atoms with Gasteiger partial charge in [0.15, 0.2) is 12.0 Å². The summed E-state index contributed by atoms with van der Waals surface area (Å²) in [5.74, 6) is 0. The van der Waals surface area contributed by atoms with Gasteiger partial charge in [-0.15, -0.1) is 0 Å². The Labute approximate surface area is 65.2 Å². The summed E-state index contributed by atoms with van der Waals surface area (Å²) in [4.78, 5) is 10.3. The predicted molar refractivity (Wildman–Crippen MR) is 39.1 cm³/mol. The zero-order valence-corrected chi connectivity index (χ0v) is 6.40. The van der Waals surface area contributed by atoms with Gasteiger partial charge in [0.2, 0.25) is 0 Å². The van der Waals surface area contributed by atoms with Crippen molar-refractivity contribution in [1.29, 1.82) is 0 Å². The van der Waals surface area contributed by atoms with Crippen molar-refractivity contribution < 1.29 is 9.18 Å². The quantitative estimate of drug-likeness (QED) is 0.571. The van der Waals surface area contributed by atoms with E-state index in [1.54, 1.807) is 0 Å². The zero-order valence-electron chi connectivity index (χ0n) is 6.40. The summed E-state index contributed by atoms with van der Waals surface area (Å²) >= 11 is 0. The van der Waals surface area contributed by atoms with E-state index in [2.05, 4.69) is 5.32 Å². The van der Waals surface area contributed by atoms with Gasteiger partial charge in [-0.3, -0.25) is 4.79 Å². The summed E-state index contributed by atoms with van der Waals surface area (Å²) in [5, 5.41) is 3.10. The highest BCUT2D eigenvalue weighted by Gasteiger charge is 2.51. The fourth-order valence-corrected chi connectivity index (χ4v) is 2.06. The molecular formula is C8H12FNO. The van der Waals surface area contributed by atoms with E-state index in [1.165, 1.54) is 6.42 Å². The Morgan fingerprint density at radius 2 is 2.18 bits per heavy atom. The molecule has 3 heteroatoms. The Morgan fingerprint density at radius 1 is 1.45 bits per heavy atom. The molecule has 11 heavy (non-hydrogen) atoms. The standard InChI is InChI=1S/C8H12FNO/c9-7(6-11)4-8(10-5-7)2-1-3-8/h6,10H,1-5H2/t7-/m0/s1. The van der Waals surface area contributed by atoms with Crippen LogP contribution in [0.5, 0.6) is 0 Å². The minimum absolute atomic E-state index is 0.00431. The maximum Gasteiger partial charge on any atom is 0.179 e. The third-order valence-corrected chi connectivity index (χ3v) is 2.91. The van der Waals surface area contributed by atoms with Crippen molar-refractivity contribution in [3.05, 3.63) is 0 Å². The van der Waals surface area contributed by atoms with E-state index >= 15 is 0 Å². The lowest BCUT2D eigenvalue weighted by Crippen LogP contribution is -2.45. The molecule has 1 saturated carbocycles. The number of hydrogen-bond donors (Lipinski definition) is 1. The van der Waals surface area contributed by atoms with Crippen LogP contribution < -0.4 is 5.32 Å². The van der Waals surface area contributed by atoms with Crippen LogP contribution in [0.2, 0.25) is 0 Å². The highest BCUT2D eigenvalue weighted by atomic mass is 19.1. The lowest BCUT2D eigenvalue weighted by Gasteiger charge is -2.38. The third kappa shape index (κ3) is 0.984. The smallest absolute Gasteiger partial charge is 0.179 e. The van der Waals surface area contributed by atoms with Crippen LogP contribution >= 0.6 is 0 Å². The SMILES string of the molecule is O=C[C@@]1(F)CNC2(CCC2)C1. The number of rotatable bonds is 1. The molecule has 0 unspecified atom stereocenters. The van der Waals surface area contributed by atoms with Gasteiger partial charge in [0.25, 0.3) is 0 Å². The number of carbonyl (C=O) groups excluding carboxylic acids is 1. The number of carbonyl (C=O) groups is 1. The van der Waals surface area contributed by atoms with Crippen molar-refractivity contribution in [1.82, 2.24) is 5.32 Å². The monoisotopic (exact) mass is 157 g/mol. The largest absolute Gasteiger partial charge is 0.307 e. The molecule has 0 radical (unpaired) electrons. The van der Waals surface area contributed by atoms with E-state index in [9.17, 15) is 9.18 Å². The average molecular weight is 157 g/mol. The van der Waals surface area contributed by atoms with Crippen LogP contribution in [0.25, 0.3) is 0 Å². The molecule has 0 bridgehead atoms. The number of nitrogens with one attached hydrogen (secondary N) is 1. The number of aldehydes is 1. The van der Waals surface area contributed by atoms with E-state index in [0.717, 1.165) is 12.8 Å². The molecule has 62 valence electrons. The van der Waals surface area contributed by atoms with E-state index in [4.69, 9.17) is 0 Å². The first-order chi connectivity index (χ1) is 5.18. The van der Waals surface area contributed by atoms with Gasteiger partial charge in [-0.2, -0.15) is 0 Å². The average Bonchev–Trinajstić information content (AvgIpc) is 2.29. The number of alkyl halides is 1. The first-order valence-electron chi connectivity index (χ1n) is 4.08. The fourth-order valence-electron chi connectivity index (χ4n) is 2.06. The summed E-state index contributed by atoms with van der Waals surface area (Å²) in [6, 6.07) is 0. The maximum atomic E-state index is 13.3. The lowest BCUT2D eigenvalue weighted by atomic mass is 9.74. The summed E-state index contributed by atoms with van der Waals surface area (Å²) in [6.07, 6.45) is 4.08. The molecule has 2 aliphatic rings. The molecule has 0 aromatic heterocycles. The van der Waals surface area contributed by atoms with Gasteiger partial charge in [-0.05, 0) is 19.3 Å². The van der Waals surface area contributed by atoms with Crippen LogP contribution in [-0.4, -0.2) is 24.0 Å². The second kappa shape index (κ2) is 2.03. The van der Waals surface area contributed by atoms with Gasteiger partial charge in [0.05, 0.1) is 0 Å². The van der Waals surface area contributed by atoms with Crippen molar-refractivity contribution in [2.75, 3.05) is 6.54 Å². The van der Waals surface area contributed by atoms with Gasteiger partial charge >= 0.3 is 0 Å². The molecule has 2 fully saturated rings. The van der Waals surface area contributed by atoms with Crippen molar-refractivity contribution >= 4 is 6.29 Å². The van der Waals surface area contributed by atoms with Gasteiger partial charge in [-0.25, -0.2) is 4.39 Å². The van der Waals surface area contributed by atoms with Gasteiger partial charge in [-0.1, -0.05) is 0 Å². The lowest BCUT2D eigenvalue weighted by molar-refractivity contribution is -0.117. The normalized spacial score (nSPS) is 40.5. The molecule has 1 saturated heterocycles. The molecular weight excluding hydrogens is 145 g/mol. The first kappa shape index (κ1) is 7.22. The van der Waals surface area contributed by atoms with Gasteiger partial charge in [0, 0.05) is 18.5 Å². The van der Waals surface area contributed by atoms with Crippen LogP contribution in [0.4, 0.5) is 4.39 Å². The zero-order chi connectivity index (χ0) is 7.95. The molecule has 0 amide bonds. The van der Waals surface area contributed by atoms with Gasteiger partial charge < -0.3 is 5.32 Å². The third-order valence-electron chi connectivity index (χ3n) is 2.91. The molecule has 1 spiro atoms. The Hall–Kier alpha value is -0.440. The van der Waals surface area contributed by atoms with Crippen molar-refractivity contribution in [3.63, 3.8) is 0 Å². The Balaban J connectivity index is 2.08. The van der Waals surface area contributed by atoms with E-state index in [-0.39, 0.29) is 12.1 Å². The Bertz CT molecular complexity index is 191. The topological polar surface area (TPSA) is 29.1 Å². The summed E-state index contributed by atoms with van der Waals surface area (Å²) in [5.41, 5.74) is -1.57. The Kier molecular flexibility index (Phi) is 1.34. The molecule has 0 aromatic rings. The molecule has 1 heterocycles. The van der Waals surface area contributed by atoms with E-state index < -0.39 is 5.67 Å². The summed E-state index contributed by atoms with van der Waals surface area (Å²) < 4.78 is 13.3. The van der Waals surface area contributed by atoms with Crippen LogP contribution in [0.1, 0.15) is 25.7 Å². The molecule has 0 aromatic carbocycles. The highest BCUT2D eigenvalue weighted by molar-refractivity contribution is 5.64. The maximum absolute atomic E-state index is 13.3. The van der Waals surface area contributed by atoms with Crippen LogP contribution in [0.3, 0.4) is 0 Å². The van der Waals surface area contributed by atoms with Gasteiger partial charge in [0.1, 0.15) is 0 Å². The molecule has 1 aliphatic heterocycles. The predicted octanol–water partition coefficient (Wildman–Crippen LogP) is 0.810. The molecule has 2 nitrogen and oxygen atoms in total. The van der Waals surface area contributed by atoms with Crippen molar-refractivity contribution in [2.45, 2.75) is 36.9 Å². The number of halogens is 1. The molecule has 1 aliphatic carbocycles. The van der Waals surface area contributed by atoms with Crippen LogP contribution in [0, 0.1) is 0 Å². The highest BCUT2D eigenvalue weighted by Crippen LogP contribution is 2.43.